The number of carbonyl (C=O) groups is 1. The van der Waals surface area contributed by atoms with Crippen LogP contribution >= 0.6 is 0 Å². The van der Waals surface area contributed by atoms with Crippen molar-refractivity contribution in [1.29, 1.82) is 0 Å². The van der Waals surface area contributed by atoms with Crippen LogP contribution in [0.25, 0.3) is 32.6 Å². The molecule has 4 rings (SSSR count). The number of fused-ring (bicyclic) bond motifs is 4. The van der Waals surface area contributed by atoms with Crippen LogP contribution in [0.3, 0.4) is 0 Å². The van der Waals surface area contributed by atoms with Gasteiger partial charge in [0.25, 0.3) is 0 Å². The van der Waals surface area contributed by atoms with Gasteiger partial charge in [0, 0.05) is 33.6 Å². The molecule has 2 heterocycles. The van der Waals surface area contributed by atoms with Crippen molar-refractivity contribution in [2.75, 3.05) is 0 Å². The van der Waals surface area contributed by atoms with Gasteiger partial charge in [0.1, 0.15) is 6.04 Å². The molecular formula is C21H20N2O2. The highest BCUT2D eigenvalue weighted by atomic mass is 16.4. The summed E-state index contributed by atoms with van der Waals surface area (Å²) in [7, 11) is 0. The summed E-state index contributed by atoms with van der Waals surface area (Å²) >= 11 is 0. The molecule has 0 radical (unpaired) electrons. The standard InChI is InChI=1S/C21H20N2O2/c1-4-18(21(24)25)23-19-8-6-5-7-15(19)17-11-16-13(3)22-10-9-14(16)12(2)20(17)23/h5-11,18H,4H2,1-3H3,(H,24,25). The van der Waals surface area contributed by atoms with E-state index in [1.165, 1.54) is 0 Å². The van der Waals surface area contributed by atoms with Gasteiger partial charge in [-0.25, -0.2) is 4.79 Å². The molecule has 4 aromatic rings. The average molecular weight is 332 g/mol. The topological polar surface area (TPSA) is 55.1 Å². The van der Waals surface area contributed by atoms with Crippen molar-refractivity contribution in [2.45, 2.75) is 33.2 Å². The number of hydrogen-bond acceptors (Lipinski definition) is 2. The maximum atomic E-state index is 11.9. The van der Waals surface area contributed by atoms with Crippen LogP contribution < -0.4 is 0 Å². The number of aliphatic carboxylic acids is 1. The van der Waals surface area contributed by atoms with Gasteiger partial charge in [-0.1, -0.05) is 25.1 Å². The quantitative estimate of drug-likeness (QED) is 0.574. The summed E-state index contributed by atoms with van der Waals surface area (Å²) in [6, 6.07) is 11.6. The molecule has 0 bridgehead atoms. The molecule has 0 amide bonds. The van der Waals surface area contributed by atoms with Gasteiger partial charge in [0.2, 0.25) is 0 Å². The van der Waals surface area contributed by atoms with Gasteiger partial charge < -0.3 is 9.67 Å². The maximum Gasteiger partial charge on any atom is 0.326 e. The molecule has 0 aliphatic heterocycles. The lowest BCUT2D eigenvalue weighted by molar-refractivity contribution is -0.140. The number of carboxylic acids is 1. The number of aromatic nitrogens is 2. The fourth-order valence-electron chi connectivity index (χ4n) is 3.97. The molecule has 1 N–H and O–H groups in total. The summed E-state index contributed by atoms with van der Waals surface area (Å²) in [5.74, 6) is -0.796. The zero-order valence-corrected chi connectivity index (χ0v) is 14.6. The van der Waals surface area contributed by atoms with Crippen molar-refractivity contribution >= 4 is 38.5 Å². The molecule has 126 valence electrons. The highest BCUT2D eigenvalue weighted by Crippen LogP contribution is 2.38. The van der Waals surface area contributed by atoms with E-state index in [2.05, 4.69) is 24.0 Å². The van der Waals surface area contributed by atoms with Crippen LogP contribution in [0.5, 0.6) is 0 Å². The smallest absolute Gasteiger partial charge is 0.326 e. The molecule has 2 aromatic heterocycles. The Bertz CT molecular complexity index is 1140. The molecule has 0 aliphatic rings. The van der Waals surface area contributed by atoms with Crippen molar-refractivity contribution < 1.29 is 9.90 Å². The summed E-state index contributed by atoms with van der Waals surface area (Å²) in [4.78, 5) is 16.3. The number of para-hydroxylation sites is 1. The molecule has 0 saturated carbocycles. The van der Waals surface area contributed by atoms with E-state index in [1.807, 2.05) is 48.9 Å². The Labute approximate surface area is 145 Å². The van der Waals surface area contributed by atoms with E-state index in [-0.39, 0.29) is 0 Å². The number of hydrogen-bond donors (Lipinski definition) is 1. The van der Waals surface area contributed by atoms with Crippen LogP contribution in [0.15, 0.2) is 42.6 Å². The van der Waals surface area contributed by atoms with E-state index in [0.717, 1.165) is 43.8 Å². The van der Waals surface area contributed by atoms with Gasteiger partial charge >= 0.3 is 5.97 Å². The average Bonchev–Trinajstić information content (AvgIpc) is 2.92. The number of benzene rings is 2. The first-order chi connectivity index (χ1) is 12.0. The fourth-order valence-corrected chi connectivity index (χ4v) is 3.97. The number of rotatable bonds is 3. The lowest BCUT2D eigenvalue weighted by Gasteiger charge is -2.17. The Morgan fingerprint density at radius 1 is 1.12 bits per heavy atom. The summed E-state index contributed by atoms with van der Waals surface area (Å²) in [5, 5.41) is 14.2. The first kappa shape index (κ1) is 15.6. The molecule has 0 fully saturated rings. The Kier molecular flexibility index (Phi) is 3.49. The molecule has 4 heteroatoms. The Hall–Kier alpha value is -2.88. The van der Waals surface area contributed by atoms with Crippen molar-refractivity contribution in [3.8, 4) is 0 Å². The Morgan fingerprint density at radius 2 is 1.88 bits per heavy atom. The van der Waals surface area contributed by atoms with Gasteiger partial charge in [-0.3, -0.25) is 4.98 Å². The van der Waals surface area contributed by atoms with Crippen LogP contribution in [-0.2, 0) is 4.79 Å². The molecule has 0 spiro atoms. The third-order valence-corrected chi connectivity index (χ3v) is 5.17. The lowest BCUT2D eigenvalue weighted by Crippen LogP contribution is -2.18. The maximum absolute atomic E-state index is 11.9. The molecule has 0 saturated heterocycles. The second-order valence-electron chi connectivity index (χ2n) is 6.54. The monoisotopic (exact) mass is 332 g/mol. The highest BCUT2D eigenvalue weighted by molar-refractivity contribution is 6.15. The number of aryl methyl sites for hydroxylation is 2. The summed E-state index contributed by atoms with van der Waals surface area (Å²) in [5.41, 5.74) is 4.07. The second kappa shape index (κ2) is 5.59. The molecule has 4 nitrogen and oxygen atoms in total. The first-order valence-electron chi connectivity index (χ1n) is 8.55. The first-order valence-corrected chi connectivity index (χ1v) is 8.55. The third-order valence-electron chi connectivity index (χ3n) is 5.17. The van der Waals surface area contributed by atoms with Crippen LogP contribution in [0.2, 0.25) is 0 Å². The van der Waals surface area contributed by atoms with Gasteiger partial charge in [-0.15, -0.1) is 0 Å². The minimum absolute atomic E-state index is 0.538. The van der Waals surface area contributed by atoms with E-state index in [9.17, 15) is 9.90 Å². The number of pyridine rings is 1. The fraction of sp³-hybridized carbons (Fsp3) is 0.238. The molecule has 1 unspecified atom stereocenters. The molecule has 2 aromatic carbocycles. The number of carboxylic acid groups (broad SMARTS) is 1. The molecule has 25 heavy (non-hydrogen) atoms. The summed E-state index contributed by atoms with van der Waals surface area (Å²) in [6.45, 7) is 6.01. The van der Waals surface area contributed by atoms with Crippen LogP contribution in [0.1, 0.15) is 30.6 Å². The summed E-state index contributed by atoms with van der Waals surface area (Å²) < 4.78 is 2.00. The number of nitrogens with zero attached hydrogens (tertiary/aromatic N) is 2. The second-order valence-corrected chi connectivity index (χ2v) is 6.54. The zero-order chi connectivity index (χ0) is 17.7. The largest absolute Gasteiger partial charge is 0.480 e. The van der Waals surface area contributed by atoms with Crippen molar-refractivity contribution in [2.24, 2.45) is 0 Å². The van der Waals surface area contributed by atoms with Crippen LogP contribution in [-0.4, -0.2) is 20.6 Å². The van der Waals surface area contributed by atoms with Crippen molar-refractivity contribution in [3.63, 3.8) is 0 Å². The van der Waals surface area contributed by atoms with Gasteiger partial charge in [0.05, 0.1) is 5.52 Å². The SMILES string of the molecule is CCC(C(=O)O)n1c2ccccc2c2cc3c(C)nccc3c(C)c21. The van der Waals surface area contributed by atoms with Crippen molar-refractivity contribution in [3.05, 3.63) is 53.9 Å². The molecule has 1 atom stereocenters. The highest BCUT2D eigenvalue weighted by Gasteiger charge is 2.24. The van der Waals surface area contributed by atoms with Crippen LogP contribution in [0.4, 0.5) is 0 Å². The molecule has 0 aliphatic carbocycles. The minimum Gasteiger partial charge on any atom is -0.480 e. The third kappa shape index (κ3) is 2.14. The lowest BCUT2D eigenvalue weighted by atomic mass is 10.0. The van der Waals surface area contributed by atoms with Gasteiger partial charge in [-0.05, 0) is 49.4 Å². The predicted molar refractivity (Wildman–Crippen MR) is 101 cm³/mol. The van der Waals surface area contributed by atoms with E-state index < -0.39 is 12.0 Å². The van der Waals surface area contributed by atoms with Crippen molar-refractivity contribution in [1.82, 2.24) is 9.55 Å². The summed E-state index contributed by atoms with van der Waals surface area (Å²) in [6.07, 6.45) is 2.36. The van der Waals surface area contributed by atoms with Crippen LogP contribution in [0, 0.1) is 13.8 Å². The van der Waals surface area contributed by atoms with E-state index in [1.54, 1.807) is 0 Å². The van der Waals surface area contributed by atoms with E-state index in [0.29, 0.717) is 6.42 Å². The van der Waals surface area contributed by atoms with Gasteiger partial charge in [0.15, 0.2) is 0 Å². The normalized spacial score (nSPS) is 12.9. The van der Waals surface area contributed by atoms with E-state index in [4.69, 9.17) is 0 Å². The predicted octanol–water partition coefficient (Wildman–Crippen LogP) is 5.00. The Balaban J connectivity index is 2.29. The Morgan fingerprint density at radius 3 is 2.60 bits per heavy atom. The zero-order valence-electron chi connectivity index (χ0n) is 14.6. The minimum atomic E-state index is -0.796. The van der Waals surface area contributed by atoms with E-state index >= 15 is 0 Å². The van der Waals surface area contributed by atoms with Gasteiger partial charge in [-0.2, -0.15) is 0 Å². The molecular weight excluding hydrogens is 312 g/mol.